The van der Waals surface area contributed by atoms with Gasteiger partial charge in [-0.3, -0.25) is 9.59 Å². The number of rotatable bonds is 3. The molecule has 1 spiro atoms. The fraction of sp³-hybridized carbons (Fsp3) is 0.579. The van der Waals surface area contributed by atoms with Crippen LogP contribution in [0.25, 0.3) is 0 Å². The van der Waals surface area contributed by atoms with Crippen molar-refractivity contribution >= 4 is 11.8 Å². The maximum absolute atomic E-state index is 13.0. The van der Waals surface area contributed by atoms with E-state index in [-0.39, 0.29) is 30.0 Å². The van der Waals surface area contributed by atoms with E-state index in [1.54, 1.807) is 17.0 Å². The average molecular weight is 362 g/mol. The van der Waals surface area contributed by atoms with Gasteiger partial charge in [0.15, 0.2) is 5.79 Å². The summed E-state index contributed by atoms with van der Waals surface area (Å²) in [5.74, 6) is -1.09. The third-order valence-electron chi connectivity index (χ3n) is 5.50. The van der Waals surface area contributed by atoms with Gasteiger partial charge in [0, 0.05) is 45.4 Å². The summed E-state index contributed by atoms with van der Waals surface area (Å²) in [5.41, 5.74) is 0.864. The maximum Gasteiger partial charge on any atom is 0.228 e. The molecule has 0 N–H and O–H groups in total. The zero-order valence-electron chi connectivity index (χ0n) is 14.7. The molecule has 0 bridgehead atoms. The van der Waals surface area contributed by atoms with Crippen LogP contribution in [0.5, 0.6) is 0 Å². The van der Waals surface area contributed by atoms with E-state index in [1.165, 1.54) is 12.1 Å². The van der Waals surface area contributed by atoms with Crippen molar-refractivity contribution in [3.8, 4) is 0 Å². The molecule has 1 aromatic rings. The Morgan fingerprint density at radius 3 is 2.46 bits per heavy atom. The summed E-state index contributed by atoms with van der Waals surface area (Å²) in [5, 5.41) is 0. The predicted molar refractivity (Wildman–Crippen MR) is 90.4 cm³/mol. The van der Waals surface area contributed by atoms with E-state index in [9.17, 15) is 14.0 Å². The molecular weight excluding hydrogens is 339 g/mol. The van der Waals surface area contributed by atoms with Crippen molar-refractivity contribution in [3.05, 3.63) is 35.6 Å². The molecule has 7 heteroatoms. The Morgan fingerprint density at radius 2 is 1.81 bits per heavy atom. The highest BCUT2D eigenvalue weighted by atomic mass is 19.1. The molecule has 0 radical (unpaired) electrons. The average Bonchev–Trinajstić information content (AvgIpc) is 3.24. The number of hydrogen-bond acceptors (Lipinski definition) is 4. The lowest BCUT2D eigenvalue weighted by Crippen LogP contribution is -2.49. The molecule has 3 fully saturated rings. The van der Waals surface area contributed by atoms with Crippen LogP contribution in [-0.2, 0) is 25.6 Å². The summed E-state index contributed by atoms with van der Waals surface area (Å²) in [4.78, 5) is 28.6. The molecule has 2 amide bonds. The molecule has 140 valence electrons. The standard InChI is InChI=1S/C19H23FN2O4/c20-16-3-1-14(2-4-16)12-22-13-15(11-17(22)23)18(24)21-7-5-19(6-8-21)25-9-10-26-19/h1-4,15H,5-13H2/t15-/m1/s1. The molecular formula is C19H23FN2O4. The molecule has 4 rings (SSSR count). The van der Waals surface area contributed by atoms with Crippen molar-refractivity contribution in [1.82, 2.24) is 9.80 Å². The van der Waals surface area contributed by atoms with Crippen LogP contribution < -0.4 is 0 Å². The number of nitrogens with zero attached hydrogens (tertiary/aromatic N) is 2. The second-order valence-corrected chi connectivity index (χ2v) is 7.23. The smallest absolute Gasteiger partial charge is 0.228 e. The Balaban J connectivity index is 1.33. The molecule has 3 aliphatic heterocycles. The summed E-state index contributed by atoms with van der Waals surface area (Å²) < 4.78 is 24.4. The van der Waals surface area contributed by atoms with Gasteiger partial charge >= 0.3 is 0 Å². The zero-order chi connectivity index (χ0) is 18.1. The SMILES string of the molecule is O=C1C[C@@H](C(=O)N2CCC3(CC2)OCCO3)CN1Cc1ccc(F)cc1. The van der Waals surface area contributed by atoms with Gasteiger partial charge in [-0.15, -0.1) is 0 Å². The first-order valence-corrected chi connectivity index (χ1v) is 9.14. The summed E-state index contributed by atoms with van der Waals surface area (Å²) in [6, 6.07) is 6.11. The third kappa shape index (κ3) is 3.46. The van der Waals surface area contributed by atoms with Crippen molar-refractivity contribution < 1.29 is 23.5 Å². The highest BCUT2D eigenvalue weighted by Gasteiger charge is 2.43. The minimum Gasteiger partial charge on any atom is -0.347 e. The van der Waals surface area contributed by atoms with Crippen molar-refractivity contribution in [2.24, 2.45) is 5.92 Å². The first-order chi connectivity index (χ1) is 12.5. The predicted octanol–water partition coefficient (Wildman–Crippen LogP) is 1.54. The molecule has 0 unspecified atom stereocenters. The van der Waals surface area contributed by atoms with Crippen LogP contribution in [0.15, 0.2) is 24.3 Å². The maximum atomic E-state index is 13.0. The van der Waals surface area contributed by atoms with Gasteiger partial charge in [-0.25, -0.2) is 4.39 Å². The zero-order valence-corrected chi connectivity index (χ0v) is 14.7. The van der Waals surface area contributed by atoms with Crippen molar-refractivity contribution in [1.29, 1.82) is 0 Å². The highest BCUT2D eigenvalue weighted by molar-refractivity contribution is 5.89. The van der Waals surface area contributed by atoms with Crippen LogP contribution in [0.1, 0.15) is 24.8 Å². The van der Waals surface area contributed by atoms with Crippen LogP contribution in [-0.4, -0.2) is 60.2 Å². The lowest BCUT2D eigenvalue weighted by atomic mass is 10.0. The number of halogens is 1. The Kier molecular flexibility index (Phi) is 4.67. The fourth-order valence-electron chi connectivity index (χ4n) is 4.01. The molecule has 3 saturated heterocycles. The number of ether oxygens (including phenoxy) is 2. The van der Waals surface area contributed by atoms with Crippen molar-refractivity contribution in [3.63, 3.8) is 0 Å². The normalized spacial score (nSPS) is 25.3. The van der Waals surface area contributed by atoms with Gasteiger partial charge in [0.1, 0.15) is 5.82 Å². The largest absolute Gasteiger partial charge is 0.347 e. The molecule has 3 aliphatic rings. The van der Waals surface area contributed by atoms with E-state index < -0.39 is 5.79 Å². The Morgan fingerprint density at radius 1 is 1.15 bits per heavy atom. The first-order valence-electron chi connectivity index (χ1n) is 9.14. The number of piperidine rings is 1. The monoisotopic (exact) mass is 362 g/mol. The van der Waals surface area contributed by atoms with E-state index in [0.29, 0.717) is 52.2 Å². The molecule has 0 aromatic heterocycles. The molecule has 0 aliphatic carbocycles. The number of hydrogen-bond donors (Lipinski definition) is 0. The van der Waals surface area contributed by atoms with Crippen molar-refractivity contribution in [2.75, 3.05) is 32.8 Å². The van der Waals surface area contributed by atoms with Crippen LogP contribution in [0.2, 0.25) is 0 Å². The summed E-state index contributed by atoms with van der Waals surface area (Å²) in [6.07, 6.45) is 1.60. The van der Waals surface area contributed by atoms with Crippen LogP contribution in [0, 0.1) is 11.7 Å². The van der Waals surface area contributed by atoms with Gasteiger partial charge in [-0.1, -0.05) is 12.1 Å². The van der Waals surface area contributed by atoms with Gasteiger partial charge in [0.05, 0.1) is 19.1 Å². The lowest BCUT2D eigenvalue weighted by molar-refractivity contribution is -0.188. The van der Waals surface area contributed by atoms with Crippen LogP contribution in [0.4, 0.5) is 4.39 Å². The van der Waals surface area contributed by atoms with E-state index in [0.717, 1.165) is 5.56 Å². The van der Waals surface area contributed by atoms with Gasteiger partial charge in [-0.2, -0.15) is 0 Å². The van der Waals surface area contributed by atoms with Crippen LogP contribution in [0.3, 0.4) is 0 Å². The summed E-state index contributed by atoms with van der Waals surface area (Å²) in [6.45, 7) is 3.26. The van der Waals surface area contributed by atoms with Gasteiger partial charge in [-0.05, 0) is 17.7 Å². The van der Waals surface area contributed by atoms with Gasteiger partial charge < -0.3 is 19.3 Å². The number of carbonyl (C=O) groups excluding carboxylic acids is 2. The third-order valence-corrected chi connectivity index (χ3v) is 5.50. The van der Waals surface area contributed by atoms with Crippen LogP contribution >= 0.6 is 0 Å². The lowest BCUT2D eigenvalue weighted by Gasteiger charge is -2.38. The summed E-state index contributed by atoms with van der Waals surface area (Å²) >= 11 is 0. The quantitative estimate of drug-likeness (QED) is 0.818. The topological polar surface area (TPSA) is 59.1 Å². The number of carbonyl (C=O) groups is 2. The molecule has 1 aromatic carbocycles. The Labute approximate surface area is 151 Å². The van der Waals surface area contributed by atoms with Gasteiger partial charge in [0.25, 0.3) is 0 Å². The highest BCUT2D eigenvalue weighted by Crippen LogP contribution is 2.32. The Bertz CT molecular complexity index is 677. The molecule has 26 heavy (non-hydrogen) atoms. The first kappa shape index (κ1) is 17.4. The molecule has 0 saturated carbocycles. The molecule has 6 nitrogen and oxygen atoms in total. The van der Waals surface area contributed by atoms with E-state index >= 15 is 0 Å². The minimum absolute atomic E-state index is 0.0244. The molecule has 1 atom stereocenters. The van der Waals surface area contributed by atoms with E-state index in [2.05, 4.69) is 0 Å². The Hall–Kier alpha value is -1.99. The second kappa shape index (κ2) is 6.96. The van der Waals surface area contributed by atoms with Gasteiger partial charge in [0.2, 0.25) is 11.8 Å². The summed E-state index contributed by atoms with van der Waals surface area (Å²) in [7, 11) is 0. The number of benzene rings is 1. The van der Waals surface area contributed by atoms with E-state index in [4.69, 9.17) is 9.47 Å². The fourth-order valence-corrected chi connectivity index (χ4v) is 4.01. The van der Waals surface area contributed by atoms with Crippen molar-refractivity contribution in [2.45, 2.75) is 31.6 Å². The molecule has 3 heterocycles. The second-order valence-electron chi connectivity index (χ2n) is 7.23. The number of amides is 2. The van der Waals surface area contributed by atoms with E-state index in [1.807, 2.05) is 4.90 Å². The minimum atomic E-state index is -0.503. The number of likely N-dealkylation sites (tertiary alicyclic amines) is 2.